The molecule has 0 amide bonds. The van der Waals surface area contributed by atoms with Crippen LogP contribution in [0.4, 0.5) is 0 Å². The van der Waals surface area contributed by atoms with Gasteiger partial charge in [-0.05, 0) is 51.8 Å². The fourth-order valence-electron chi connectivity index (χ4n) is 2.36. The van der Waals surface area contributed by atoms with Gasteiger partial charge in [-0.25, -0.2) is 13.1 Å². The molecule has 0 aliphatic heterocycles. The van der Waals surface area contributed by atoms with Gasteiger partial charge in [0.05, 0.1) is 0 Å². The van der Waals surface area contributed by atoms with E-state index in [1.165, 1.54) is 6.20 Å². The molecule has 0 radical (unpaired) electrons. The SMILES string of the molecule is CC(C)(C)OC(=O)CCCCNS(=O)(=O)c1c[nH]c2ccc(Br)cc12. The standard InChI is InChI=1S/C17H23BrN2O4S/c1-17(2,3)24-16(21)6-4-5-9-20-25(22,23)15-11-19-14-8-7-12(18)10-13(14)15/h7-8,10-11,19-20H,4-6,9H2,1-3H3. The number of benzene rings is 1. The molecule has 1 aromatic heterocycles. The summed E-state index contributed by atoms with van der Waals surface area (Å²) in [7, 11) is -3.61. The Hall–Kier alpha value is -1.38. The first-order valence-electron chi connectivity index (χ1n) is 8.07. The van der Waals surface area contributed by atoms with Crippen LogP contribution in [0.3, 0.4) is 0 Å². The molecule has 0 saturated heterocycles. The fourth-order valence-corrected chi connectivity index (χ4v) is 3.96. The Labute approximate surface area is 156 Å². The number of hydrogen-bond acceptors (Lipinski definition) is 4. The summed E-state index contributed by atoms with van der Waals surface area (Å²) in [6, 6.07) is 5.43. The molecule has 2 rings (SSSR count). The minimum absolute atomic E-state index is 0.218. The smallest absolute Gasteiger partial charge is 0.306 e. The van der Waals surface area contributed by atoms with Crippen molar-refractivity contribution in [1.82, 2.24) is 9.71 Å². The van der Waals surface area contributed by atoms with E-state index >= 15 is 0 Å². The van der Waals surface area contributed by atoms with E-state index in [1.54, 1.807) is 6.07 Å². The fraction of sp³-hybridized carbons (Fsp3) is 0.471. The molecule has 1 aromatic carbocycles. The molecule has 2 aromatic rings. The number of carbonyl (C=O) groups is 1. The Bertz CT molecular complexity index is 853. The van der Waals surface area contributed by atoms with Crippen LogP contribution >= 0.6 is 15.9 Å². The number of unbranched alkanes of at least 4 members (excludes halogenated alkanes) is 1. The van der Waals surface area contributed by atoms with Gasteiger partial charge in [-0.1, -0.05) is 15.9 Å². The van der Waals surface area contributed by atoms with Crippen molar-refractivity contribution in [2.24, 2.45) is 0 Å². The maximum Gasteiger partial charge on any atom is 0.306 e. The van der Waals surface area contributed by atoms with Crippen molar-refractivity contribution in [1.29, 1.82) is 0 Å². The van der Waals surface area contributed by atoms with Crippen LogP contribution < -0.4 is 4.72 Å². The molecule has 0 atom stereocenters. The molecular weight excluding hydrogens is 408 g/mol. The summed E-state index contributed by atoms with van der Waals surface area (Å²) in [5.41, 5.74) is 0.260. The second-order valence-electron chi connectivity index (χ2n) is 6.78. The molecule has 6 nitrogen and oxygen atoms in total. The number of carbonyl (C=O) groups excluding carboxylic acids is 1. The second kappa shape index (κ2) is 7.88. The van der Waals surface area contributed by atoms with Gasteiger partial charge in [-0.2, -0.15) is 0 Å². The van der Waals surface area contributed by atoms with Crippen LogP contribution in [0.1, 0.15) is 40.0 Å². The number of halogens is 1. The predicted molar refractivity (Wildman–Crippen MR) is 101 cm³/mol. The Morgan fingerprint density at radius 2 is 2.00 bits per heavy atom. The number of esters is 1. The Kier molecular flexibility index (Phi) is 6.29. The molecular formula is C17H23BrN2O4S. The molecule has 0 spiro atoms. The zero-order valence-electron chi connectivity index (χ0n) is 14.6. The molecule has 0 aliphatic carbocycles. The molecule has 2 N–H and O–H groups in total. The van der Waals surface area contributed by atoms with Gasteiger partial charge >= 0.3 is 5.97 Å². The zero-order chi connectivity index (χ0) is 18.7. The van der Waals surface area contributed by atoms with Crippen molar-refractivity contribution >= 4 is 42.8 Å². The van der Waals surface area contributed by atoms with E-state index in [4.69, 9.17) is 4.74 Å². The van der Waals surface area contributed by atoms with Crippen LogP contribution in [0.2, 0.25) is 0 Å². The van der Waals surface area contributed by atoms with E-state index in [-0.39, 0.29) is 23.8 Å². The first kappa shape index (κ1) is 19.9. The maximum absolute atomic E-state index is 12.5. The Morgan fingerprint density at radius 1 is 1.28 bits per heavy atom. The predicted octanol–water partition coefficient (Wildman–Crippen LogP) is 3.72. The van der Waals surface area contributed by atoms with Gasteiger partial charge < -0.3 is 9.72 Å². The average molecular weight is 431 g/mol. The Morgan fingerprint density at radius 3 is 2.68 bits per heavy atom. The lowest BCUT2D eigenvalue weighted by atomic mass is 10.2. The number of H-pyrrole nitrogens is 1. The lowest BCUT2D eigenvalue weighted by molar-refractivity contribution is -0.154. The van der Waals surface area contributed by atoms with Gasteiger partial charge in [0.2, 0.25) is 10.0 Å². The highest BCUT2D eigenvalue weighted by molar-refractivity contribution is 9.10. The minimum atomic E-state index is -3.61. The quantitative estimate of drug-likeness (QED) is 0.517. The van der Waals surface area contributed by atoms with Gasteiger partial charge in [0.25, 0.3) is 0 Å². The molecule has 1 heterocycles. The summed E-state index contributed by atoms with van der Waals surface area (Å²) in [4.78, 5) is 14.8. The third-order valence-electron chi connectivity index (χ3n) is 3.42. The largest absolute Gasteiger partial charge is 0.460 e. The van der Waals surface area contributed by atoms with E-state index < -0.39 is 15.6 Å². The summed E-state index contributed by atoms with van der Waals surface area (Å²) in [5.74, 6) is -0.267. The van der Waals surface area contributed by atoms with Crippen molar-refractivity contribution in [3.63, 3.8) is 0 Å². The molecule has 0 unspecified atom stereocenters. The summed E-state index contributed by atoms with van der Waals surface area (Å²) < 4.78 is 33.5. The van der Waals surface area contributed by atoms with Crippen molar-refractivity contribution in [3.8, 4) is 0 Å². The van der Waals surface area contributed by atoms with Gasteiger partial charge in [0.1, 0.15) is 10.5 Å². The molecule has 0 aliphatic rings. The molecule has 138 valence electrons. The summed E-state index contributed by atoms with van der Waals surface area (Å²) in [6.45, 7) is 5.72. The molecule has 25 heavy (non-hydrogen) atoms. The van der Waals surface area contributed by atoms with Crippen molar-refractivity contribution in [2.45, 2.75) is 50.5 Å². The number of sulfonamides is 1. The van der Waals surface area contributed by atoms with Crippen molar-refractivity contribution < 1.29 is 17.9 Å². The molecule has 8 heteroatoms. The lowest BCUT2D eigenvalue weighted by Gasteiger charge is -2.19. The van der Waals surface area contributed by atoms with Crippen LogP contribution in [-0.2, 0) is 19.6 Å². The highest BCUT2D eigenvalue weighted by Gasteiger charge is 2.19. The third kappa shape index (κ3) is 5.83. The first-order valence-corrected chi connectivity index (χ1v) is 10.3. The summed E-state index contributed by atoms with van der Waals surface area (Å²) in [5, 5.41) is 0.635. The second-order valence-corrected chi connectivity index (χ2v) is 9.44. The van der Waals surface area contributed by atoms with E-state index in [2.05, 4.69) is 25.6 Å². The van der Waals surface area contributed by atoms with Gasteiger partial charge in [0, 0.05) is 34.5 Å². The maximum atomic E-state index is 12.5. The van der Waals surface area contributed by atoms with Crippen molar-refractivity contribution in [2.75, 3.05) is 6.54 Å². The number of hydrogen-bond donors (Lipinski definition) is 2. The number of aromatic amines is 1. The van der Waals surface area contributed by atoms with Crippen molar-refractivity contribution in [3.05, 3.63) is 28.9 Å². The van der Waals surface area contributed by atoms with Crippen LogP contribution in [-0.4, -0.2) is 31.5 Å². The van der Waals surface area contributed by atoms with E-state index in [1.807, 2.05) is 32.9 Å². The number of ether oxygens (including phenoxy) is 1. The van der Waals surface area contributed by atoms with Crippen LogP contribution in [0.5, 0.6) is 0 Å². The number of nitrogens with one attached hydrogen (secondary N) is 2. The Balaban J connectivity index is 1.87. The first-order chi connectivity index (χ1) is 11.6. The van der Waals surface area contributed by atoms with E-state index in [0.717, 1.165) is 9.99 Å². The summed E-state index contributed by atoms with van der Waals surface area (Å²) in [6.07, 6.45) is 2.89. The number of rotatable bonds is 7. The highest BCUT2D eigenvalue weighted by Crippen LogP contribution is 2.25. The number of aromatic nitrogens is 1. The van der Waals surface area contributed by atoms with Crippen LogP contribution in [0.15, 0.2) is 33.8 Å². The van der Waals surface area contributed by atoms with Gasteiger partial charge in [-0.3, -0.25) is 4.79 Å². The van der Waals surface area contributed by atoms with Gasteiger partial charge in [0.15, 0.2) is 0 Å². The molecule has 0 fully saturated rings. The van der Waals surface area contributed by atoms with E-state index in [9.17, 15) is 13.2 Å². The van der Waals surface area contributed by atoms with Crippen LogP contribution in [0, 0.1) is 0 Å². The van der Waals surface area contributed by atoms with Crippen LogP contribution in [0.25, 0.3) is 10.9 Å². The topological polar surface area (TPSA) is 88.3 Å². The monoisotopic (exact) mass is 430 g/mol. The zero-order valence-corrected chi connectivity index (χ0v) is 17.0. The van der Waals surface area contributed by atoms with Gasteiger partial charge in [-0.15, -0.1) is 0 Å². The normalized spacial score (nSPS) is 12.5. The van der Waals surface area contributed by atoms with E-state index in [0.29, 0.717) is 18.2 Å². The minimum Gasteiger partial charge on any atom is -0.460 e. The average Bonchev–Trinajstić information content (AvgIpc) is 2.88. The summed E-state index contributed by atoms with van der Waals surface area (Å²) >= 11 is 3.35. The number of fused-ring (bicyclic) bond motifs is 1. The lowest BCUT2D eigenvalue weighted by Crippen LogP contribution is -2.25. The third-order valence-corrected chi connectivity index (χ3v) is 5.41. The molecule has 0 saturated carbocycles. The highest BCUT2D eigenvalue weighted by atomic mass is 79.9. The molecule has 0 bridgehead atoms.